The Morgan fingerprint density at radius 3 is 1.26 bits per heavy atom. The minimum absolute atomic E-state index is 0.0352. The van der Waals surface area contributed by atoms with Crippen molar-refractivity contribution in [1.29, 1.82) is 0 Å². The van der Waals surface area contributed by atoms with Gasteiger partial charge in [-0.05, 0) is 97.4 Å². The second kappa shape index (κ2) is 14.1. The Kier molecular flexibility index (Phi) is 12.7. The van der Waals surface area contributed by atoms with Crippen molar-refractivity contribution in [1.82, 2.24) is 0 Å². The fraction of sp³-hybridized carbons (Fsp3) is 0.806. The molecule has 0 bridgehead atoms. The lowest BCUT2D eigenvalue weighted by Crippen LogP contribution is -2.53. The van der Waals surface area contributed by atoms with Crippen LogP contribution in [0.1, 0.15) is 141 Å². The Bertz CT molecular complexity index is 1010. The Hall–Kier alpha value is -2.11. The minimum Gasteiger partial charge on any atom is -0.481 e. The van der Waals surface area contributed by atoms with Crippen LogP contribution in [0, 0.1) is 44.8 Å². The smallest absolute Gasteiger partial charge is 0.335 e. The van der Waals surface area contributed by atoms with E-state index < -0.39 is 28.7 Å². The third-order valence-electron chi connectivity index (χ3n) is 8.80. The van der Waals surface area contributed by atoms with Gasteiger partial charge in [-0.1, -0.05) is 95.2 Å². The quantitative estimate of drug-likeness (QED) is 0.175. The standard InChI is InChI=1S/C36H62O6/c1-24(19-32(4,5)6)13-14-27-22-35(30(39)40,17-15-25(2)20-33(7,8)9)36(31(41)42,23-28(27)29(37)38)18-16-26(3)21-34(10,11)12/h22-26H,13-21H2,1-12H3,(H,37,38)(H,39,40)(H,41,42). The molecule has 42 heavy (non-hydrogen) atoms. The summed E-state index contributed by atoms with van der Waals surface area (Å²) in [5.74, 6) is -3.00. The molecule has 0 fully saturated rings. The van der Waals surface area contributed by atoms with E-state index in [-0.39, 0.29) is 46.5 Å². The Balaban J connectivity index is 3.75. The molecule has 1 rings (SSSR count). The van der Waals surface area contributed by atoms with Gasteiger partial charge in [-0.3, -0.25) is 9.59 Å². The van der Waals surface area contributed by atoms with Gasteiger partial charge in [0.1, 0.15) is 10.8 Å². The van der Waals surface area contributed by atoms with Crippen LogP contribution in [0.25, 0.3) is 0 Å². The molecule has 5 unspecified atom stereocenters. The van der Waals surface area contributed by atoms with E-state index in [2.05, 4.69) is 83.1 Å². The van der Waals surface area contributed by atoms with E-state index in [1.807, 2.05) is 0 Å². The summed E-state index contributed by atoms with van der Waals surface area (Å²) < 4.78 is 0. The number of carbonyl (C=O) groups is 3. The van der Waals surface area contributed by atoms with Gasteiger partial charge in [-0.25, -0.2) is 4.79 Å². The molecule has 0 saturated heterocycles. The molecule has 0 aromatic carbocycles. The van der Waals surface area contributed by atoms with Gasteiger partial charge in [0.15, 0.2) is 0 Å². The summed E-state index contributed by atoms with van der Waals surface area (Å²) in [5.41, 5.74) is -3.00. The molecule has 0 aliphatic heterocycles. The van der Waals surface area contributed by atoms with Crippen molar-refractivity contribution in [2.24, 2.45) is 44.8 Å². The zero-order valence-electron chi connectivity index (χ0n) is 28.8. The zero-order valence-corrected chi connectivity index (χ0v) is 28.8. The summed E-state index contributed by atoms with van der Waals surface area (Å²) in [6, 6.07) is 0. The molecule has 0 aromatic heterocycles. The Morgan fingerprint density at radius 1 is 0.619 bits per heavy atom. The van der Waals surface area contributed by atoms with Crippen LogP contribution in [0.2, 0.25) is 0 Å². The Morgan fingerprint density at radius 2 is 0.952 bits per heavy atom. The Labute approximate surface area is 256 Å². The van der Waals surface area contributed by atoms with Crippen molar-refractivity contribution in [2.45, 2.75) is 141 Å². The van der Waals surface area contributed by atoms with Crippen molar-refractivity contribution in [3.8, 4) is 0 Å². The van der Waals surface area contributed by atoms with Crippen LogP contribution >= 0.6 is 0 Å². The molecule has 0 aromatic rings. The molecule has 242 valence electrons. The highest BCUT2D eigenvalue weighted by atomic mass is 16.4. The van der Waals surface area contributed by atoms with Crippen molar-refractivity contribution >= 4 is 17.9 Å². The maximum Gasteiger partial charge on any atom is 0.335 e. The summed E-state index contributed by atoms with van der Waals surface area (Å²) >= 11 is 0. The van der Waals surface area contributed by atoms with Crippen LogP contribution in [-0.2, 0) is 14.4 Å². The van der Waals surface area contributed by atoms with Crippen LogP contribution in [0.3, 0.4) is 0 Å². The number of aliphatic carboxylic acids is 3. The first-order chi connectivity index (χ1) is 18.8. The van der Waals surface area contributed by atoms with Crippen LogP contribution in [0.4, 0.5) is 0 Å². The van der Waals surface area contributed by atoms with Crippen molar-refractivity contribution in [3.63, 3.8) is 0 Å². The average molecular weight is 591 g/mol. The number of hydrogen-bond acceptors (Lipinski definition) is 3. The van der Waals surface area contributed by atoms with E-state index in [0.717, 1.165) is 19.3 Å². The van der Waals surface area contributed by atoms with Gasteiger partial charge >= 0.3 is 17.9 Å². The van der Waals surface area contributed by atoms with E-state index in [0.29, 0.717) is 37.2 Å². The molecule has 3 N–H and O–H groups in total. The third kappa shape index (κ3) is 10.9. The molecule has 6 nitrogen and oxygen atoms in total. The normalized spacial score (nSPS) is 23.9. The first-order valence-electron chi connectivity index (χ1n) is 16.0. The number of carboxylic acids is 3. The molecule has 1 aliphatic carbocycles. The molecule has 1 aliphatic rings. The van der Waals surface area contributed by atoms with Gasteiger partial charge in [0.05, 0.1) is 5.57 Å². The van der Waals surface area contributed by atoms with E-state index in [1.54, 1.807) is 6.08 Å². The van der Waals surface area contributed by atoms with Crippen molar-refractivity contribution in [3.05, 3.63) is 23.3 Å². The number of carboxylic acid groups (broad SMARTS) is 3. The number of hydrogen-bond donors (Lipinski definition) is 3. The van der Waals surface area contributed by atoms with Gasteiger partial charge in [-0.15, -0.1) is 0 Å². The first-order valence-corrected chi connectivity index (χ1v) is 16.0. The van der Waals surface area contributed by atoms with E-state index in [1.165, 1.54) is 6.08 Å². The van der Waals surface area contributed by atoms with Crippen LogP contribution in [0.5, 0.6) is 0 Å². The molecule has 6 heteroatoms. The molecule has 5 atom stereocenters. The summed E-state index contributed by atoms with van der Waals surface area (Å²) in [6.45, 7) is 25.6. The summed E-state index contributed by atoms with van der Waals surface area (Å²) in [7, 11) is 0. The summed E-state index contributed by atoms with van der Waals surface area (Å²) in [6.07, 6.45) is 7.92. The van der Waals surface area contributed by atoms with Crippen molar-refractivity contribution < 1.29 is 29.7 Å². The fourth-order valence-corrected chi connectivity index (χ4v) is 7.48. The maximum absolute atomic E-state index is 13.4. The average Bonchev–Trinajstić information content (AvgIpc) is 2.76. The highest BCUT2D eigenvalue weighted by molar-refractivity contribution is 5.98. The van der Waals surface area contributed by atoms with Crippen LogP contribution in [0.15, 0.2) is 23.3 Å². The van der Waals surface area contributed by atoms with Gasteiger partial charge in [0, 0.05) is 0 Å². The van der Waals surface area contributed by atoms with Gasteiger partial charge < -0.3 is 15.3 Å². The molecule has 0 heterocycles. The lowest BCUT2D eigenvalue weighted by molar-refractivity contribution is -0.167. The largest absolute Gasteiger partial charge is 0.481 e. The number of rotatable bonds is 15. The predicted octanol–water partition coefficient (Wildman–Crippen LogP) is 9.64. The highest BCUT2D eigenvalue weighted by Crippen LogP contribution is 2.56. The second-order valence-corrected chi connectivity index (χ2v) is 17.3. The van der Waals surface area contributed by atoms with E-state index in [9.17, 15) is 29.7 Å². The topological polar surface area (TPSA) is 112 Å². The van der Waals surface area contributed by atoms with Crippen molar-refractivity contribution in [2.75, 3.05) is 0 Å². The molecular weight excluding hydrogens is 528 g/mol. The van der Waals surface area contributed by atoms with Crippen LogP contribution < -0.4 is 0 Å². The fourth-order valence-electron chi connectivity index (χ4n) is 7.48. The highest BCUT2D eigenvalue weighted by Gasteiger charge is 2.61. The SMILES string of the molecule is CC(CCC1=CC(CCC(C)CC(C)(C)C)(C(=O)O)C(CCC(C)CC(C)(C)C)(C(=O)O)C=C1C(=O)O)CC(C)(C)C. The van der Waals surface area contributed by atoms with Gasteiger partial charge in [0.25, 0.3) is 0 Å². The maximum atomic E-state index is 13.4. The molecular formula is C36H62O6. The van der Waals surface area contributed by atoms with E-state index >= 15 is 0 Å². The molecule has 0 radical (unpaired) electrons. The third-order valence-corrected chi connectivity index (χ3v) is 8.80. The minimum atomic E-state index is -1.86. The predicted molar refractivity (Wildman–Crippen MR) is 171 cm³/mol. The monoisotopic (exact) mass is 590 g/mol. The lowest BCUT2D eigenvalue weighted by atomic mass is 9.54. The van der Waals surface area contributed by atoms with Gasteiger partial charge in [0.2, 0.25) is 0 Å². The second-order valence-electron chi connectivity index (χ2n) is 17.3. The van der Waals surface area contributed by atoms with Crippen LogP contribution in [-0.4, -0.2) is 33.2 Å². The summed E-state index contributed by atoms with van der Waals surface area (Å²) in [5, 5.41) is 32.1. The summed E-state index contributed by atoms with van der Waals surface area (Å²) in [4.78, 5) is 39.4. The van der Waals surface area contributed by atoms with Gasteiger partial charge in [-0.2, -0.15) is 0 Å². The lowest BCUT2D eigenvalue weighted by Gasteiger charge is -2.46. The van der Waals surface area contributed by atoms with E-state index in [4.69, 9.17) is 0 Å². The zero-order chi connectivity index (χ0) is 32.9. The molecule has 0 amide bonds. The molecule has 0 saturated carbocycles. The molecule has 0 spiro atoms. The first kappa shape index (κ1) is 37.9.